The average molecular weight is 348 g/mol. The molecule has 0 spiro atoms. The van der Waals surface area contributed by atoms with E-state index < -0.39 is 0 Å². The maximum atomic E-state index is 2.36. The van der Waals surface area contributed by atoms with Crippen molar-refractivity contribution in [3.8, 4) is 0 Å². The summed E-state index contributed by atoms with van der Waals surface area (Å²) in [7, 11) is 0. The molecular weight excluding hydrogens is 324 g/mol. The lowest BCUT2D eigenvalue weighted by Crippen LogP contribution is -2.19. The number of rotatable bonds is 6. The molecule has 5 rings (SSSR count). The zero-order valence-corrected chi connectivity index (χ0v) is 15.5. The van der Waals surface area contributed by atoms with Gasteiger partial charge in [0, 0.05) is 17.3 Å². The zero-order chi connectivity index (χ0) is 18.1. The molecule has 0 saturated carbocycles. The third-order valence-corrected chi connectivity index (χ3v) is 6.12. The first kappa shape index (κ1) is 16.3. The number of benzene rings is 2. The minimum absolute atomic E-state index is 0.149. The van der Waals surface area contributed by atoms with Crippen molar-refractivity contribution >= 4 is 0 Å². The monoisotopic (exact) mass is 348 g/mol. The van der Waals surface area contributed by atoms with E-state index in [-0.39, 0.29) is 5.41 Å². The number of hydrogen-bond acceptors (Lipinski definition) is 0. The van der Waals surface area contributed by atoms with Crippen LogP contribution in [0, 0.1) is 17.3 Å². The summed E-state index contributed by atoms with van der Waals surface area (Å²) < 4.78 is 0. The maximum Gasteiger partial charge on any atom is 0.0226 e. The maximum absolute atomic E-state index is 2.36. The highest BCUT2D eigenvalue weighted by Crippen LogP contribution is 2.64. The van der Waals surface area contributed by atoms with E-state index in [0.717, 1.165) is 12.8 Å². The highest BCUT2D eigenvalue weighted by molar-refractivity contribution is 5.61. The summed E-state index contributed by atoms with van der Waals surface area (Å²) in [6, 6.07) is 22.0. The zero-order valence-electron chi connectivity index (χ0n) is 15.5. The van der Waals surface area contributed by atoms with Gasteiger partial charge in [0.05, 0.1) is 0 Å². The second kappa shape index (κ2) is 6.70. The Morgan fingerprint density at radius 2 is 0.889 bits per heavy atom. The summed E-state index contributed by atoms with van der Waals surface area (Å²) >= 11 is 0. The van der Waals surface area contributed by atoms with Crippen LogP contribution in [0.3, 0.4) is 0 Å². The fraction of sp³-hybridized carbons (Fsp3) is 0.185. The molecule has 0 aliphatic heterocycles. The van der Waals surface area contributed by atoms with Gasteiger partial charge in [-0.1, -0.05) is 109 Å². The summed E-state index contributed by atoms with van der Waals surface area (Å²) in [6.45, 7) is 0. The minimum atomic E-state index is 0.149. The van der Waals surface area contributed by atoms with Crippen LogP contribution in [0.25, 0.3) is 0 Å². The Hall–Kier alpha value is -2.86. The van der Waals surface area contributed by atoms with Gasteiger partial charge in [0.15, 0.2) is 0 Å². The predicted octanol–water partition coefficient (Wildman–Crippen LogP) is 6.25. The molecule has 132 valence electrons. The smallest absolute Gasteiger partial charge is 0.0226 e. The van der Waals surface area contributed by atoms with E-state index in [0.29, 0.717) is 11.8 Å². The SMILES string of the molecule is C1=CC(C2=C(C3C=CC=C3)C2(Cc2ccccc2)Cc2ccccc2)C=C1. The van der Waals surface area contributed by atoms with Crippen molar-refractivity contribution in [2.45, 2.75) is 12.8 Å². The molecule has 0 heteroatoms. The van der Waals surface area contributed by atoms with E-state index in [1.807, 2.05) is 0 Å². The normalized spacial score (nSPS) is 20.1. The molecule has 0 unspecified atom stereocenters. The van der Waals surface area contributed by atoms with E-state index in [1.165, 1.54) is 11.1 Å². The van der Waals surface area contributed by atoms with Crippen molar-refractivity contribution in [2.24, 2.45) is 17.3 Å². The van der Waals surface area contributed by atoms with E-state index in [1.54, 1.807) is 11.1 Å². The van der Waals surface area contributed by atoms with Gasteiger partial charge in [0.2, 0.25) is 0 Å². The predicted molar refractivity (Wildman–Crippen MR) is 113 cm³/mol. The van der Waals surface area contributed by atoms with Crippen molar-refractivity contribution in [2.75, 3.05) is 0 Å². The van der Waals surface area contributed by atoms with Gasteiger partial charge < -0.3 is 0 Å². The standard InChI is InChI=1S/C27H24/c1-3-11-21(12-4-1)19-27(20-22-13-5-2-6-14-22)25(23-15-7-8-16-23)26(27)24-17-9-10-18-24/h1-18,23-24H,19-20H2. The van der Waals surface area contributed by atoms with E-state index in [2.05, 4.69) is 109 Å². The lowest BCUT2D eigenvalue weighted by atomic mass is 9.79. The van der Waals surface area contributed by atoms with Gasteiger partial charge in [-0.2, -0.15) is 0 Å². The third kappa shape index (κ3) is 2.96. The topological polar surface area (TPSA) is 0 Å². The van der Waals surface area contributed by atoms with Crippen LogP contribution < -0.4 is 0 Å². The lowest BCUT2D eigenvalue weighted by Gasteiger charge is -2.24. The van der Waals surface area contributed by atoms with Crippen LogP contribution in [-0.2, 0) is 12.8 Å². The highest BCUT2D eigenvalue weighted by Gasteiger charge is 2.56. The van der Waals surface area contributed by atoms with Crippen LogP contribution in [0.2, 0.25) is 0 Å². The van der Waals surface area contributed by atoms with Gasteiger partial charge in [-0.15, -0.1) is 0 Å². The Balaban J connectivity index is 1.56. The van der Waals surface area contributed by atoms with Crippen molar-refractivity contribution in [1.82, 2.24) is 0 Å². The molecule has 0 atom stereocenters. The van der Waals surface area contributed by atoms with Gasteiger partial charge in [-0.25, -0.2) is 0 Å². The Morgan fingerprint density at radius 1 is 0.519 bits per heavy atom. The Morgan fingerprint density at radius 3 is 1.26 bits per heavy atom. The third-order valence-electron chi connectivity index (χ3n) is 6.12. The van der Waals surface area contributed by atoms with Crippen LogP contribution in [-0.4, -0.2) is 0 Å². The van der Waals surface area contributed by atoms with Crippen molar-refractivity contribution in [1.29, 1.82) is 0 Å². The van der Waals surface area contributed by atoms with Crippen LogP contribution in [0.4, 0.5) is 0 Å². The second-order valence-electron chi connectivity index (χ2n) is 7.83. The molecule has 0 heterocycles. The molecule has 0 bridgehead atoms. The molecule has 3 aliphatic carbocycles. The number of allylic oxidation sites excluding steroid dienone is 10. The van der Waals surface area contributed by atoms with Crippen LogP contribution >= 0.6 is 0 Å². The van der Waals surface area contributed by atoms with E-state index >= 15 is 0 Å². The molecular formula is C27H24. The second-order valence-corrected chi connectivity index (χ2v) is 7.83. The Bertz CT molecular complexity index is 862. The number of hydrogen-bond donors (Lipinski definition) is 0. The van der Waals surface area contributed by atoms with Crippen molar-refractivity contribution < 1.29 is 0 Å². The summed E-state index contributed by atoms with van der Waals surface area (Å²) in [5.74, 6) is 0.907. The molecule has 0 saturated heterocycles. The van der Waals surface area contributed by atoms with Crippen LogP contribution in [0.5, 0.6) is 0 Å². The first-order valence-corrected chi connectivity index (χ1v) is 9.90. The molecule has 2 aromatic rings. The van der Waals surface area contributed by atoms with Gasteiger partial charge in [-0.05, 0) is 35.1 Å². The van der Waals surface area contributed by atoms with E-state index in [9.17, 15) is 0 Å². The van der Waals surface area contributed by atoms with Gasteiger partial charge in [0.25, 0.3) is 0 Å². The summed E-state index contributed by atoms with van der Waals surface area (Å²) in [5, 5.41) is 0. The highest BCUT2D eigenvalue weighted by atomic mass is 14.6. The van der Waals surface area contributed by atoms with Crippen LogP contribution in [0.15, 0.2) is 120 Å². The first-order valence-electron chi connectivity index (χ1n) is 9.90. The van der Waals surface area contributed by atoms with Crippen molar-refractivity contribution in [3.63, 3.8) is 0 Å². The minimum Gasteiger partial charge on any atom is -0.0735 e. The fourth-order valence-electron chi connectivity index (χ4n) is 4.98. The Labute approximate surface area is 161 Å². The van der Waals surface area contributed by atoms with Crippen molar-refractivity contribution in [3.05, 3.63) is 132 Å². The van der Waals surface area contributed by atoms with Gasteiger partial charge in [-0.3, -0.25) is 0 Å². The molecule has 0 amide bonds. The quantitative estimate of drug-likeness (QED) is 0.541. The van der Waals surface area contributed by atoms with E-state index in [4.69, 9.17) is 0 Å². The molecule has 0 N–H and O–H groups in total. The molecule has 0 radical (unpaired) electrons. The summed E-state index contributed by atoms with van der Waals surface area (Å²) in [5.41, 5.74) is 6.29. The lowest BCUT2D eigenvalue weighted by molar-refractivity contribution is 0.495. The summed E-state index contributed by atoms with van der Waals surface area (Å²) in [6.07, 6.45) is 20.4. The first-order chi connectivity index (χ1) is 13.4. The molecule has 0 aromatic heterocycles. The average Bonchev–Trinajstić information content (AvgIpc) is 3.18. The molecule has 0 nitrogen and oxygen atoms in total. The van der Waals surface area contributed by atoms with Gasteiger partial charge >= 0.3 is 0 Å². The molecule has 27 heavy (non-hydrogen) atoms. The molecule has 0 fully saturated rings. The Kier molecular flexibility index (Phi) is 4.05. The fourth-order valence-corrected chi connectivity index (χ4v) is 4.98. The summed E-state index contributed by atoms with van der Waals surface area (Å²) in [4.78, 5) is 0. The largest absolute Gasteiger partial charge is 0.0735 e. The van der Waals surface area contributed by atoms with Gasteiger partial charge in [0.1, 0.15) is 0 Å². The molecule has 3 aliphatic rings. The van der Waals surface area contributed by atoms with Crippen LogP contribution in [0.1, 0.15) is 11.1 Å². The molecule has 2 aromatic carbocycles.